The van der Waals surface area contributed by atoms with E-state index in [-0.39, 0.29) is 4.90 Å². The van der Waals surface area contributed by atoms with Gasteiger partial charge in [0.05, 0.1) is 5.69 Å². The van der Waals surface area contributed by atoms with Gasteiger partial charge < -0.3 is 5.73 Å². The molecule has 112 valence electrons. The molecule has 0 aliphatic rings. The molecule has 2 aromatic carbocycles. The number of nitrogens with one attached hydrogen (secondary N) is 1. The van der Waals surface area contributed by atoms with Crippen molar-refractivity contribution in [2.45, 2.75) is 18.7 Å². The van der Waals surface area contributed by atoms with Gasteiger partial charge in [-0.3, -0.25) is 4.72 Å². The van der Waals surface area contributed by atoms with Crippen LogP contribution in [0, 0.1) is 13.8 Å². The van der Waals surface area contributed by atoms with Gasteiger partial charge in [0.1, 0.15) is 4.90 Å². The van der Waals surface area contributed by atoms with Gasteiger partial charge in [-0.25, -0.2) is 8.42 Å². The molecule has 0 unspecified atom stereocenters. The lowest BCUT2D eigenvalue weighted by molar-refractivity contribution is 0.600. The smallest absolute Gasteiger partial charge is 0.263 e. The molecule has 2 rings (SSSR count). The van der Waals surface area contributed by atoms with E-state index >= 15 is 0 Å². The van der Waals surface area contributed by atoms with Crippen molar-refractivity contribution < 1.29 is 8.42 Å². The van der Waals surface area contributed by atoms with Crippen LogP contribution in [0.4, 0.5) is 11.4 Å². The van der Waals surface area contributed by atoms with Crippen molar-refractivity contribution in [1.29, 1.82) is 0 Å². The van der Waals surface area contributed by atoms with Crippen LogP contribution in [0.25, 0.3) is 0 Å². The van der Waals surface area contributed by atoms with E-state index in [0.29, 0.717) is 20.3 Å². The largest absolute Gasteiger partial charge is 0.399 e. The van der Waals surface area contributed by atoms with Crippen molar-refractivity contribution in [2.24, 2.45) is 0 Å². The first kappa shape index (κ1) is 16.3. The van der Waals surface area contributed by atoms with Gasteiger partial charge in [0.15, 0.2) is 0 Å². The first-order valence-corrected chi connectivity index (χ1v) is 9.12. The highest BCUT2D eigenvalue weighted by Crippen LogP contribution is 2.30. The molecule has 7 heteroatoms. The second-order valence-electron chi connectivity index (χ2n) is 4.71. The molecule has 0 saturated heterocycles. The van der Waals surface area contributed by atoms with Crippen LogP contribution in [0.2, 0.25) is 0 Å². The summed E-state index contributed by atoms with van der Waals surface area (Å²) >= 11 is 6.55. The number of anilines is 2. The predicted octanol–water partition coefficient (Wildman–Crippen LogP) is 4.21. The van der Waals surface area contributed by atoms with Crippen LogP contribution in [0.1, 0.15) is 11.1 Å². The number of rotatable bonds is 3. The van der Waals surface area contributed by atoms with Gasteiger partial charge in [0, 0.05) is 14.6 Å². The fraction of sp³-hybridized carbons (Fsp3) is 0.143. The number of hydrogen-bond donors (Lipinski definition) is 2. The third-order valence-corrected chi connectivity index (χ3v) is 5.81. The molecule has 0 amide bonds. The Hall–Kier alpha value is -1.05. The normalized spacial score (nSPS) is 11.4. The molecule has 0 atom stereocenters. The molecule has 4 nitrogen and oxygen atoms in total. The van der Waals surface area contributed by atoms with Gasteiger partial charge in [0.2, 0.25) is 0 Å². The zero-order chi connectivity index (χ0) is 15.8. The Labute approximate surface area is 141 Å². The Kier molecular flexibility index (Phi) is 4.65. The lowest BCUT2D eigenvalue weighted by atomic mass is 10.1. The van der Waals surface area contributed by atoms with E-state index in [2.05, 4.69) is 36.6 Å². The van der Waals surface area contributed by atoms with Gasteiger partial charge in [0.25, 0.3) is 10.0 Å². The third-order valence-electron chi connectivity index (χ3n) is 2.97. The quantitative estimate of drug-likeness (QED) is 0.712. The predicted molar refractivity (Wildman–Crippen MR) is 93.0 cm³/mol. The Balaban J connectivity index is 2.50. The van der Waals surface area contributed by atoms with Gasteiger partial charge >= 0.3 is 0 Å². The zero-order valence-corrected chi connectivity index (χ0v) is 15.4. The van der Waals surface area contributed by atoms with Crippen molar-refractivity contribution in [1.82, 2.24) is 0 Å². The van der Waals surface area contributed by atoms with Gasteiger partial charge in [-0.15, -0.1) is 0 Å². The highest BCUT2D eigenvalue weighted by atomic mass is 79.9. The van der Waals surface area contributed by atoms with Crippen LogP contribution in [0.3, 0.4) is 0 Å². The molecule has 0 spiro atoms. The average Bonchev–Trinajstić information content (AvgIpc) is 2.36. The van der Waals surface area contributed by atoms with Crippen LogP contribution in [-0.4, -0.2) is 8.42 Å². The maximum absolute atomic E-state index is 12.6. The summed E-state index contributed by atoms with van der Waals surface area (Å²) in [6.45, 7) is 3.63. The molecular weight excluding hydrogens is 420 g/mol. The second kappa shape index (κ2) is 5.98. The van der Waals surface area contributed by atoms with E-state index in [1.807, 2.05) is 13.8 Å². The van der Waals surface area contributed by atoms with Crippen molar-refractivity contribution in [2.75, 3.05) is 10.5 Å². The van der Waals surface area contributed by atoms with E-state index in [0.717, 1.165) is 11.1 Å². The summed E-state index contributed by atoms with van der Waals surface area (Å²) in [5.74, 6) is 0. The molecule has 2 aromatic rings. The molecule has 0 bridgehead atoms. The van der Waals surface area contributed by atoms with Crippen molar-refractivity contribution >= 4 is 53.3 Å². The molecular formula is C14H14Br2N2O2S. The maximum Gasteiger partial charge on any atom is 0.263 e. The average molecular weight is 434 g/mol. The number of nitrogens with two attached hydrogens (primary N) is 1. The van der Waals surface area contributed by atoms with Gasteiger partial charge in [-0.05, 0) is 71.2 Å². The maximum atomic E-state index is 12.6. The molecule has 0 fully saturated rings. The Morgan fingerprint density at radius 1 is 1.05 bits per heavy atom. The summed E-state index contributed by atoms with van der Waals surface area (Å²) in [7, 11) is -3.69. The fourth-order valence-electron chi connectivity index (χ4n) is 2.03. The van der Waals surface area contributed by atoms with E-state index in [1.54, 1.807) is 30.3 Å². The van der Waals surface area contributed by atoms with Crippen LogP contribution < -0.4 is 10.5 Å². The molecule has 0 aliphatic heterocycles. The minimum atomic E-state index is -3.69. The van der Waals surface area contributed by atoms with E-state index in [1.165, 1.54) is 0 Å². The number of sulfonamides is 1. The summed E-state index contributed by atoms with van der Waals surface area (Å²) in [5, 5.41) is 0. The van der Waals surface area contributed by atoms with Gasteiger partial charge in [-0.2, -0.15) is 0 Å². The lowest BCUT2D eigenvalue weighted by Crippen LogP contribution is -2.15. The monoisotopic (exact) mass is 432 g/mol. The molecule has 0 radical (unpaired) electrons. The molecule has 0 heterocycles. The summed E-state index contributed by atoms with van der Waals surface area (Å²) in [6.07, 6.45) is 0. The van der Waals surface area contributed by atoms with Crippen LogP contribution in [0.5, 0.6) is 0 Å². The van der Waals surface area contributed by atoms with Gasteiger partial charge in [-0.1, -0.05) is 15.9 Å². The van der Waals surface area contributed by atoms with Crippen molar-refractivity contribution in [3.05, 3.63) is 50.4 Å². The molecule has 0 aromatic heterocycles. The Morgan fingerprint density at radius 2 is 1.62 bits per heavy atom. The number of hydrogen-bond acceptors (Lipinski definition) is 3. The van der Waals surface area contributed by atoms with Crippen LogP contribution >= 0.6 is 31.9 Å². The number of halogens is 2. The van der Waals surface area contributed by atoms with E-state index in [9.17, 15) is 8.42 Å². The van der Waals surface area contributed by atoms with E-state index < -0.39 is 10.0 Å². The zero-order valence-electron chi connectivity index (χ0n) is 11.4. The minimum Gasteiger partial charge on any atom is -0.399 e. The fourth-order valence-corrected chi connectivity index (χ4v) is 4.74. The highest BCUT2D eigenvalue weighted by molar-refractivity contribution is 9.11. The highest BCUT2D eigenvalue weighted by Gasteiger charge is 2.20. The van der Waals surface area contributed by atoms with Crippen LogP contribution in [0.15, 0.2) is 44.2 Å². The number of aryl methyl sites for hydroxylation is 2. The number of benzene rings is 2. The Bertz CT molecular complexity index is 782. The summed E-state index contributed by atoms with van der Waals surface area (Å²) in [4.78, 5) is 0.174. The third kappa shape index (κ3) is 3.59. The van der Waals surface area contributed by atoms with E-state index in [4.69, 9.17) is 5.73 Å². The Morgan fingerprint density at radius 3 is 2.19 bits per heavy atom. The number of nitrogen functional groups attached to an aromatic ring is 1. The summed E-state index contributed by atoms with van der Waals surface area (Å²) < 4.78 is 29.0. The molecule has 0 aliphatic carbocycles. The minimum absolute atomic E-state index is 0.174. The SMILES string of the molecule is Cc1cc(N)cc(C)c1NS(=O)(=O)c1cc(Br)ccc1Br. The first-order chi connectivity index (χ1) is 9.70. The second-order valence-corrected chi connectivity index (χ2v) is 8.13. The van der Waals surface area contributed by atoms with Crippen molar-refractivity contribution in [3.63, 3.8) is 0 Å². The topological polar surface area (TPSA) is 72.2 Å². The summed E-state index contributed by atoms with van der Waals surface area (Å²) in [6, 6.07) is 8.47. The molecule has 3 N–H and O–H groups in total. The standard InChI is InChI=1S/C14H14Br2N2O2S/c1-8-5-11(17)6-9(2)14(8)18-21(19,20)13-7-10(15)3-4-12(13)16/h3-7,18H,17H2,1-2H3. The van der Waals surface area contributed by atoms with Crippen molar-refractivity contribution in [3.8, 4) is 0 Å². The molecule has 0 saturated carbocycles. The lowest BCUT2D eigenvalue weighted by Gasteiger charge is -2.15. The molecule has 21 heavy (non-hydrogen) atoms. The van der Waals surface area contributed by atoms with Crippen LogP contribution in [-0.2, 0) is 10.0 Å². The summed E-state index contributed by atoms with van der Waals surface area (Å²) in [5.41, 5.74) is 8.48. The first-order valence-electron chi connectivity index (χ1n) is 6.05.